The summed E-state index contributed by atoms with van der Waals surface area (Å²) in [6.07, 6.45) is 0.967. The summed E-state index contributed by atoms with van der Waals surface area (Å²) in [5, 5.41) is 9.40. The van der Waals surface area contributed by atoms with Crippen molar-refractivity contribution >= 4 is 29.1 Å². The second-order valence-corrected chi connectivity index (χ2v) is 7.64. The molecule has 6 nitrogen and oxygen atoms in total. The van der Waals surface area contributed by atoms with Gasteiger partial charge in [-0.25, -0.2) is 4.98 Å². The van der Waals surface area contributed by atoms with Crippen molar-refractivity contribution in [3.8, 4) is 5.75 Å². The van der Waals surface area contributed by atoms with Crippen LogP contribution in [-0.2, 0) is 12.7 Å². The largest absolute Gasteiger partial charge is 0.495 e. The number of nitrogens with one attached hydrogen (secondary N) is 3. The lowest BCUT2D eigenvalue weighted by Gasteiger charge is -2.25. The molecule has 10 heteroatoms. The van der Waals surface area contributed by atoms with Crippen LogP contribution >= 0.6 is 11.6 Å². The zero-order valence-electron chi connectivity index (χ0n) is 16.9. The van der Waals surface area contributed by atoms with E-state index in [4.69, 9.17) is 16.3 Å². The van der Waals surface area contributed by atoms with Crippen LogP contribution in [0, 0.1) is 0 Å². The van der Waals surface area contributed by atoms with Crippen molar-refractivity contribution in [3.63, 3.8) is 0 Å². The number of aromatic nitrogens is 2. The molecule has 0 spiro atoms. The Hall–Kier alpha value is -2.26. The number of hydrogen-bond donors (Lipinski definition) is 3. The number of nitrogens with zero attached hydrogens (tertiary/aromatic N) is 2. The third-order valence-electron chi connectivity index (χ3n) is 5.02. The summed E-state index contributed by atoms with van der Waals surface area (Å²) < 4.78 is 45.8. The van der Waals surface area contributed by atoms with Crippen LogP contribution < -0.4 is 20.7 Å². The van der Waals surface area contributed by atoms with Crippen LogP contribution in [0.5, 0.6) is 5.75 Å². The maximum absolute atomic E-state index is 13.5. The molecule has 2 aromatic rings. The predicted octanol–water partition coefficient (Wildman–Crippen LogP) is 5.37. The zero-order valence-corrected chi connectivity index (χ0v) is 17.6. The van der Waals surface area contributed by atoms with Crippen molar-refractivity contribution in [2.45, 2.75) is 50.9 Å². The second-order valence-electron chi connectivity index (χ2n) is 7.23. The zero-order chi connectivity index (χ0) is 21.7. The summed E-state index contributed by atoms with van der Waals surface area (Å²) in [6, 6.07) is 3.36. The van der Waals surface area contributed by atoms with E-state index in [1.54, 1.807) is 19.2 Å². The van der Waals surface area contributed by atoms with E-state index in [2.05, 4.69) is 25.9 Å². The monoisotopic (exact) mass is 443 g/mol. The molecule has 1 aromatic carbocycles. The summed E-state index contributed by atoms with van der Waals surface area (Å²) in [6.45, 7) is 0.543. The predicted molar refractivity (Wildman–Crippen MR) is 112 cm³/mol. The first-order chi connectivity index (χ1) is 14.3. The van der Waals surface area contributed by atoms with Gasteiger partial charge in [-0.2, -0.15) is 18.2 Å². The molecule has 0 saturated heterocycles. The molecule has 0 radical (unpaired) electrons. The minimum absolute atomic E-state index is 0.0250. The van der Waals surface area contributed by atoms with Gasteiger partial charge in [-0.1, -0.05) is 30.9 Å². The van der Waals surface area contributed by atoms with Gasteiger partial charge in [0.1, 0.15) is 17.1 Å². The van der Waals surface area contributed by atoms with Gasteiger partial charge in [0.15, 0.2) is 0 Å². The summed E-state index contributed by atoms with van der Waals surface area (Å²) >= 11 is 6.31. The van der Waals surface area contributed by atoms with E-state index in [1.165, 1.54) is 7.11 Å². The van der Waals surface area contributed by atoms with Crippen LogP contribution in [-0.4, -0.2) is 30.2 Å². The first-order valence-corrected chi connectivity index (χ1v) is 10.2. The number of rotatable bonds is 7. The standard InChI is InChI=1S/C20H25ClF3N5O/c1-25-10-12-8-17(30-2)16(9-15(12)21)28-19-26-11-14(20(22,23)24)18(29-19)27-13-6-4-3-5-7-13/h8-9,11,13,25H,3-7,10H2,1-2H3,(H2,26,27,28,29). The fraction of sp³-hybridized carbons (Fsp3) is 0.500. The minimum atomic E-state index is -4.55. The molecule has 0 unspecified atom stereocenters. The Morgan fingerprint density at radius 1 is 1.20 bits per heavy atom. The average Bonchev–Trinajstić information content (AvgIpc) is 2.70. The van der Waals surface area contributed by atoms with Crippen molar-refractivity contribution in [1.82, 2.24) is 15.3 Å². The number of halogens is 4. The van der Waals surface area contributed by atoms with Gasteiger partial charge >= 0.3 is 6.18 Å². The third-order valence-corrected chi connectivity index (χ3v) is 5.37. The quantitative estimate of drug-likeness (QED) is 0.534. The molecule has 1 aliphatic rings. The molecule has 164 valence electrons. The van der Waals surface area contributed by atoms with Gasteiger partial charge < -0.3 is 20.7 Å². The molecular formula is C20H25ClF3N5O. The molecule has 1 aliphatic carbocycles. The lowest BCUT2D eigenvalue weighted by atomic mass is 9.95. The normalized spacial score (nSPS) is 15.1. The highest BCUT2D eigenvalue weighted by Gasteiger charge is 2.36. The van der Waals surface area contributed by atoms with Crippen molar-refractivity contribution < 1.29 is 17.9 Å². The van der Waals surface area contributed by atoms with Crippen molar-refractivity contribution in [3.05, 3.63) is 34.5 Å². The van der Waals surface area contributed by atoms with E-state index in [0.717, 1.165) is 43.9 Å². The van der Waals surface area contributed by atoms with E-state index in [9.17, 15) is 13.2 Å². The van der Waals surface area contributed by atoms with Crippen LogP contribution in [0.1, 0.15) is 43.2 Å². The van der Waals surface area contributed by atoms with Crippen molar-refractivity contribution in [2.75, 3.05) is 24.8 Å². The lowest BCUT2D eigenvalue weighted by Crippen LogP contribution is -2.25. The SMILES string of the molecule is CNCc1cc(OC)c(Nc2ncc(C(F)(F)F)c(NC3CCCCC3)n2)cc1Cl. The van der Waals surface area contributed by atoms with Gasteiger partial charge in [0.05, 0.1) is 12.8 Å². The molecule has 1 heterocycles. The molecule has 0 amide bonds. The molecule has 0 atom stereocenters. The molecule has 30 heavy (non-hydrogen) atoms. The highest BCUT2D eigenvalue weighted by molar-refractivity contribution is 6.31. The first kappa shape index (κ1) is 22.4. The van der Waals surface area contributed by atoms with Crippen LogP contribution in [0.15, 0.2) is 18.3 Å². The Balaban J connectivity index is 1.91. The van der Waals surface area contributed by atoms with E-state index < -0.39 is 11.7 Å². The smallest absolute Gasteiger partial charge is 0.421 e. The Bertz CT molecular complexity index is 872. The molecule has 3 N–H and O–H groups in total. The van der Waals surface area contributed by atoms with Crippen molar-refractivity contribution in [2.24, 2.45) is 0 Å². The molecule has 1 aromatic heterocycles. The van der Waals surface area contributed by atoms with Gasteiger partial charge in [0.2, 0.25) is 5.95 Å². The molecule has 1 fully saturated rings. The number of ether oxygens (including phenoxy) is 1. The summed E-state index contributed by atoms with van der Waals surface area (Å²) in [4.78, 5) is 7.99. The fourth-order valence-electron chi connectivity index (χ4n) is 3.51. The van der Waals surface area contributed by atoms with Crippen LogP contribution in [0.3, 0.4) is 0 Å². The first-order valence-electron chi connectivity index (χ1n) is 9.80. The summed E-state index contributed by atoms with van der Waals surface area (Å²) in [7, 11) is 3.30. The van der Waals surface area contributed by atoms with Gasteiger partial charge in [0.25, 0.3) is 0 Å². The number of hydrogen-bond acceptors (Lipinski definition) is 6. The number of benzene rings is 1. The van der Waals surface area contributed by atoms with Gasteiger partial charge in [-0.3, -0.25) is 0 Å². The molecule has 0 aliphatic heterocycles. The average molecular weight is 444 g/mol. The summed E-state index contributed by atoms with van der Waals surface area (Å²) in [5.74, 6) is 0.288. The van der Waals surface area contributed by atoms with E-state index in [0.29, 0.717) is 23.0 Å². The Morgan fingerprint density at radius 3 is 2.57 bits per heavy atom. The second kappa shape index (κ2) is 9.70. The molecular weight excluding hydrogens is 419 g/mol. The van der Waals surface area contributed by atoms with Crippen molar-refractivity contribution in [1.29, 1.82) is 0 Å². The fourth-order valence-corrected chi connectivity index (χ4v) is 3.74. The lowest BCUT2D eigenvalue weighted by molar-refractivity contribution is -0.137. The number of anilines is 3. The van der Waals surface area contributed by atoms with E-state index in [1.807, 2.05) is 0 Å². The molecule has 0 bridgehead atoms. The van der Waals surface area contributed by atoms with E-state index >= 15 is 0 Å². The van der Waals surface area contributed by atoms with Gasteiger partial charge in [-0.15, -0.1) is 0 Å². The number of methoxy groups -OCH3 is 1. The maximum Gasteiger partial charge on any atom is 0.421 e. The van der Waals surface area contributed by atoms with Gasteiger partial charge in [-0.05, 0) is 37.6 Å². The highest BCUT2D eigenvalue weighted by atomic mass is 35.5. The minimum Gasteiger partial charge on any atom is -0.495 e. The van der Waals surface area contributed by atoms with E-state index in [-0.39, 0.29) is 17.8 Å². The molecule has 1 saturated carbocycles. The van der Waals surface area contributed by atoms with Crippen LogP contribution in [0.4, 0.5) is 30.6 Å². The Labute approximate surface area is 178 Å². The maximum atomic E-state index is 13.5. The summed E-state index contributed by atoms with van der Waals surface area (Å²) in [5.41, 5.74) is 0.410. The number of alkyl halides is 3. The Kier molecular flexibility index (Phi) is 7.25. The Morgan fingerprint density at radius 2 is 1.93 bits per heavy atom. The molecule has 3 rings (SSSR count). The van der Waals surface area contributed by atoms with Crippen LogP contribution in [0.25, 0.3) is 0 Å². The topological polar surface area (TPSA) is 71.1 Å². The van der Waals surface area contributed by atoms with Gasteiger partial charge in [0, 0.05) is 23.8 Å². The highest BCUT2D eigenvalue weighted by Crippen LogP contribution is 2.37. The van der Waals surface area contributed by atoms with Crippen LogP contribution in [0.2, 0.25) is 5.02 Å². The third kappa shape index (κ3) is 5.46.